The number of ether oxygens (including phenoxy) is 1. The standard InChI is InChI=1S/C7H15O7P/c1-3-13-15(10,11)14-5-7(9)4-12-6(2)8/h7,9H,3-5H2,1-2H3,(H,10,11). The monoisotopic (exact) mass is 242 g/mol. The van der Waals surface area contributed by atoms with Gasteiger partial charge in [-0.2, -0.15) is 0 Å². The van der Waals surface area contributed by atoms with E-state index < -0.39 is 26.5 Å². The molecule has 0 heterocycles. The van der Waals surface area contributed by atoms with Crippen LogP contribution in [0.3, 0.4) is 0 Å². The van der Waals surface area contributed by atoms with E-state index in [9.17, 15) is 9.36 Å². The predicted octanol–water partition coefficient (Wildman–Crippen LogP) is 0.0639. The molecule has 0 aromatic rings. The van der Waals surface area contributed by atoms with E-state index in [1.54, 1.807) is 0 Å². The van der Waals surface area contributed by atoms with Crippen molar-refractivity contribution in [1.29, 1.82) is 0 Å². The molecule has 0 aliphatic carbocycles. The summed E-state index contributed by atoms with van der Waals surface area (Å²) in [5, 5.41) is 9.14. The van der Waals surface area contributed by atoms with Gasteiger partial charge in [0.15, 0.2) is 0 Å². The van der Waals surface area contributed by atoms with Crippen LogP contribution in [0.25, 0.3) is 0 Å². The quantitative estimate of drug-likeness (QED) is 0.480. The number of phosphoric ester groups is 1. The van der Waals surface area contributed by atoms with Gasteiger partial charge in [-0.1, -0.05) is 0 Å². The lowest BCUT2D eigenvalue weighted by atomic mass is 10.4. The molecule has 2 N–H and O–H groups in total. The Morgan fingerprint density at radius 2 is 2.00 bits per heavy atom. The Balaban J connectivity index is 3.74. The van der Waals surface area contributed by atoms with Crippen molar-refractivity contribution in [3.63, 3.8) is 0 Å². The number of hydrogen-bond donors (Lipinski definition) is 2. The summed E-state index contributed by atoms with van der Waals surface area (Å²) in [6.45, 7) is 2.00. The zero-order valence-electron chi connectivity index (χ0n) is 8.58. The molecule has 0 aliphatic rings. The van der Waals surface area contributed by atoms with E-state index in [1.165, 1.54) is 13.8 Å². The van der Waals surface area contributed by atoms with Crippen LogP contribution in [0.5, 0.6) is 0 Å². The van der Waals surface area contributed by atoms with Gasteiger partial charge in [-0.05, 0) is 6.92 Å². The number of esters is 1. The molecule has 0 spiro atoms. The van der Waals surface area contributed by atoms with Crippen LogP contribution in [0.1, 0.15) is 13.8 Å². The molecular formula is C7H15O7P. The second kappa shape index (κ2) is 6.92. The van der Waals surface area contributed by atoms with Crippen molar-refractivity contribution >= 4 is 13.8 Å². The fourth-order valence-corrected chi connectivity index (χ4v) is 1.40. The Morgan fingerprint density at radius 1 is 1.40 bits per heavy atom. The smallest absolute Gasteiger partial charge is 0.463 e. The molecule has 7 nitrogen and oxygen atoms in total. The third kappa shape index (κ3) is 8.53. The van der Waals surface area contributed by atoms with Crippen LogP contribution in [0, 0.1) is 0 Å². The molecule has 0 saturated heterocycles. The molecule has 8 heteroatoms. The van der Waals surface area contributed by atoms with Gasteiger partial charge in [0, 0.05) is 6.92 Å². The fourth-order valence-electron chi connectivity index (χ4n) is 0.642. The zero-order valence-corrected chi connectivity index (χ0v) is 9.48. The van der Waals surface area contributed by atoms with Gasteiger partial charge in [0.25, 0.3) is 0 Å². The third-order valence-corrected chi connectivity index (χ3v) is 2.26. The summed E-state index contributed by atoms with van der Waals surface area (Å²) < 4.78 is 24.2. The van der Waals surface area contributed by atoms with Crippen molar-refractivity contribution in [2.45, 2.75) is 20.0 Å². The Bertz CT molecular complexity index is 241. The number of aliphatic hydroxyl groups is 1. The second-order valence-corrected chi connectivity index (χ2v) is 4.09. The Hall–Kier alpha value is -0.460. The highest BCUT2D eigenvalue weighted by atomic mass is 31.2. The maximum absolute atomic E-state index is 10.9. The molecule has 90 valence electrons. The normalized spacial score (nSPS) is 16.8. The Morgan fingerprint density at radius 3 is 2.47 bits per heavy atom. The van der Waals surface area contributed by atoms with Crippen molar-refractivity contribution in [3.8, 4) is 0 Å². The summed E-state index contributed by atoms with van der Waals surface area (Å²) in [5.41, 5.74) is 0. The molecule has 0 fully saturated rings. The molecule has 0 aromatic heterocycles. The van der Waals surface area contributed by atoms with E-state index in [0.717, 1.165) is 0 Å². The maximum Gasteiger partial charge on any atom is 0.472 e. The lowest BCUT2D eigenvalue weighted by Crippen LogP contribution is -2.22. The van der Waals surface area contributed by atoms with E-state index in [2.05, 4.69) is 13.8 Å². The van der Waals surface area contributed by atoms with Gasteiger partial charge in [0.05, 0.1) is 13.2 Å². The average molecular weight is 242 g/mol. The first-order chi connectivity index (χ1) is 6.87. The summed E-state index contributed by atoms with van der Waals surface area (Å²) in [6.07, 6.45) is -1.16. The van der Waals surface area contributed by atoms with Crippen LogP contribution < -0.4 is 0 Å². The molecular weight excluding hydrogens is 227 g/mol. The number of rotatable bonds is 7. The van der Waals surface area contributed by atoms with Gasteiger partial charge >= 0.3 is 13.8 Å². The first-order valence-electron chi connectivity index (χ1n) is 4.30. The lowest BCUT2D eigenvalue weighted by Gasteiger charge is -2.14. The van der Waals surface area contributed by atoms with Gasteiger partial charge < -0.3 is 14.7 Å². The molecule has 0 rings (SSSR count). The van der Waals surface area contributed by atoms with Crippen molar-refractivity contribution < 1.29 is 33.1 Å². The highest BCUT2D eigenvalue weighted by Crippen LogP contribution is 2.42. The van der Waals surface area contributed by atoms with Crippen LogP contribution in [0.2, 0.25) is 0 Å². The summed E-state index contributed by atoms with van der Waals surface area (Å²) >= 11 is 0. The molecule has 2 unspecified atom stereocenters. The molecule has 15 heavy (non-hydrogen) atoms. The van der Waals surface area contributed by atoms with E-state index in [0.29, 0.717) is 0 Å². The number of phosphoric acid groups is 1. The minimum Gasteiger partial charge on any atom is -0.463 e. The van der Waals surface area contributed by atoms with Crippen LogP contribution in [0.4, 0.5) is 0 Å². The minimum absolute atomic E-state index is 0.0216. The van der Waals surface area contributed by atoms with E-state index in [4.69, 9.17) is 10.00 Å². The van der Waals surface area contributed by atoms with Crippen molar-refractivity contribution in [3.05, 3.63) is 0 Å². The predicted molar refractivity (Wildman–Crippen MR) is 50.0 cm³/mol. The van der Waals surface area contributed by atoms with Gasteiger partial charge in [-0.3, -0.25) is 13.8 Å². The Kier molecular flexibility index (Phi) is 6.71. The second-order valence-electron chi connectivity index (χ2n) is 2.64. The Labute approximate surface area is 87.6 Å². The van der Waals surface area contributed by atoms with Crippen LogP contribution in [-0.4, -0.2) is 41.9 Å². The fraction of sp³-hybridized carbons (Fsp3) is 0.857. The number of hydrogen-bond acceptors (Lipinski definition) is 6. The molecule has 0 aromatic carbocycles. The van der Waals surface area contributed by atoms with Gasteiger partial charge in [0.1, 0.15) is 12.7 Å². The number of carbonyl (C=O) groups excluding carboxylic acids is 1. The van der Waals surface area contributed by atoms with Gasteiger partial charge in [0.2, 0.25) is 0 Å². The molecule has 0 bridgehead atoms. The SMILES string of the molecule is CCOP(=O)(O)OCC(O)COC(C)=O. The molecule has 0 saturated carbocycles. The minimum atomic E-state index is -4.09. The topological polar surface area (TPSA) is 102 Å². The largest absolute Gasteiger partial charge is 0.472 e. The van der Waals surface area contributed by atoms with Crippen molar-refractivity contribution in [1.82, 2.24) is 0 Å². The van der Waals surface area contributed by atoms with E-state index >= 15 is 0 Å². The van der Waals surface area contributed by atoms with E-state index in [1.807, 2.05) is 0 Å². The van der Waals surface area contributed by atoms with Crippen LogP contribution in [0.15, 0.2) is 0 Å². The van der Waals surface area contributed by atoms with Crippen LogP contribution >= 0.6 is 7.82 Å². The molecule has 0 aliphatic heterocycles. The number of aliphatic hydroxyl groups excluding tert-OH is 1. The summed E-state index contributed by atoms with van der Waals surface area (Å²) in [4.78, 5) is 19.3. The first kappa shape index (κ1) is 14.5. The average Bonchev–Trinajstić information content (AvgIpc) is 2.11. The highest BCUT2D eigenvalue weighted by molar-refractivity contribution is 7.47. The third-order valence-electron chi connectivity index (χ3n) is 1.20. The van der Waals surface area contributed by atoms with Crippen molar-refractivity contribution in [2.75, 3.05) is 19.8 Å². The first-order valence-corrected chi connectivity index (χ1v) is 5.80. The van der Waals surface area contributed by atoms with Gasteiger partial charge in [-0.25, -0.2) is 4.57 Å². The maximum atomic E-state index is 10.9. The lowest BCUT2D eigenvalue weighted by molar-refractivity contribution is -0.144. The summed E-state index contributed by atoms with van der Waals surface area (Å²) in [5.74, 6) is -0.550. The van der Waals surface area contributed by atoms with E-state index in [-0.39, 0.29) is 13.2 Å². The van der Waals surface area contributed by atoms with Crippen LogP contribution in [-0.2, 0) is 23.1 Å². The molecule has 2 atom stereocenters. The highest BCUT2D eigenvalue weighted by Gasteiger charge is 2.21. The summed E-state index contributed by atoms with van der Waals surface area (Å²) in [7, 11) is -4.09. The molecule has 0 amide bonds. The van der Waals surface area contributed by atoms with Crippen molar-refractivity contribution in [2.24, 2.45) is 0 Å². The number of carbonyl (C=O) groups is 1. The molecule has 0 radical (unpaired) electrons. The van der Waals surface area contributed by atoms with Gasteiger partial charge in [-0.15, -0.1) is 0 Å². The zero-order chi connectivity index (χ0) is 11.9. The summed E-state index contributed by atoms with van der Waals surface area (Å²) in [6, 6.07) is 0.